The average molecular weight is 293 g/mol. The van der Waals surface area contributed by atoms with E-state index < -0.39 is 6.29 Å². The van der Waals surface area contributed by atoms with Crippen molar-refractivity contribution in [2.24, 2.45) is 0 Å². The number of methoxy groups -OCH3 is 2. The van der Waals surface area contributed by atoms with Gasteiger partial charge in [-0.15, -0.1) is 0 Å². The van der Waals surface area contributed by atoms with Gasteiger partial charge < -0.3 is 19.1 Å². The van der Waals surface area contributed by atoms with Gasteiger partial charge in [0.1, 0.15) is 18.1 Å². The minimum atomic E-state index is -0.417. The van der Waals surface area contributed by atoms with Crippen LogP contribution < -0.4 is 9.64 Å². The van der Waals surface area contributed by atoms with Crippen LogP contribution in [0.2, 0.25) is 0 Å². The minimum Gasteiger partial charge on any atom is -0.488 e. The van der Waals surface area contributed by atoms with Gasteiger partial charge in [0.25, 0.3) is 0 Å². The molecule has 1 saturated heterocycles. The van der Waals surface area contributed by atoms with Crippen molar-refractivity contribution >= 4 is 17.4 Å². The summed E-state index contributed by atoms with van der Waals surface area (Å²) in [5.41, 5.74) is 0.773. The van der Waals surface area contributed by atoms with Gasteiger partial charge in [0.2, 0.25) is 5.91 Å². The van der Waals surface area contributed by atoms with Gasteiger partial charge >= 0.3 is 0 Å². The quantitative estimate of drug-likeness (QED) is 0.585. The standard InChI is InChI=1S/C15H19NO5/c1-19-15(20-2)10-21-13-5-3-11(4-6-13)16-8-7-12(17)9-14(16)18/h3-6,15H,7-10H2,1-2H3. The monoisotopic (exact) mass is 293 g/mol. The predicted octanol–water partition coefficient (Wildman–Crippen LogP) is 1.38. The van der Waals surface area contributed by atoms with Crippen LogP contribution in [-0.4, -0.2) is 45.4 Å². The van der Waals surface area contributed by atoms with Crippen LogP contribution in [0.1, 0.15) is 12.8 Å². The number of Topliss-reactive ketones (excluding diaryl/α,β-unsaturated/α-hetero) is 1. The molecule has 0 unspecified atom stereocenters. The number of nitrogens with zero attached hydrogens (tertiary/aromatic N) is 1. The van der Waals surface area contributed by atoms with Crippen LogP contribution in [0.4, 0.5) is 5.69 Å². The smallest absolute Gasteiger partial charge is 0.234 e. The number of hydrogen-bond donors (Lipinski definition) is 0. The lowest BCUT2D eigenvalue weighted by atomic mass is 10.1. The van der Waals surface area contributed by atoms with Crippen molar-refractivity contribution < 1.29 is 23.8 Å². The van der Waals surface area contributed by atoms with Gasteiger partial charge in [-0.05, 0) is 24.3 Å². The van der Waals surface area contributed by atoms with Gasteiger partial charge in [-0.3, -0.25) is 9.59 Å². The summed E-state index contributed by atoms with van der Waals surface area (Å²) in [6.45, 7) is 0.719. The molecule has 0 bridgehead atoms. The lowest BCUT2D eigenvalue weighted by Gasteiger charge is -2.26. The molecule has 6 nitrogen and oxygen atoms in total. The number of hydrogen-bond acceptors (Lipinski definition) is 5. The van der Waals surface area contributed by atoms with Crippen LogP contribution in [-0.2, 0) is 19.1 Å². The van der Waals surface area contributed by atoms with Crippen LogP contribution in [0.3, 0.4) is 0 Å². The van der Waals surface area contributed by atoms with Crippen LogP contribution in [0.5, 0.6) is 5.75 Å². The third kappa shape index (κ3) is 4.03. The fourth-order valence-corrected chi connectivity index (χ4v) is 2.11. The Labute approximate surface area is 123 Å². The van der Waals surface area contributed by atoms with Crippen molar-refractivity contribution in [1.29, 1.82) is 0 Å². The lowest BCUT2D eigenvalue weighted by molar-refractivity contribution is -0.128. The van der Waals surface area contributed by atoms with Crippen molar-refractivity contribution in [2.45, 2.75) is 19.1 Å². The average Bonchev–Trinajstić information content (AvgIpc) is 2.49. The molecule has 1 aliphatic rings. The summed E-state index contributed by atoms with van der Waals surface area (Å²) in [5.74, 6) is 0.513. The van der Waals surface area contributed by atoms with E-state index in [1.54, 1.807) is 43.4 Å². The minimum absolute atomic E-state index is 0.00127. The highest BCUT2D eigenvalue weighted by Crippen LogP contribution is 2.22. The Morgan fingerprint density at radius 2 is 1.81 bits per heavy atom. The molecule has 1 amide bonds. The third-order valence-corrected chi connectivity index (χ3v) is 3.32. The molecule has 1 aromatic rings. The normalized spacial score (nSPS) is 15.7. The second-order valence-corrected chi connectivity index (χ2v) is 4.72. The molecule has 1 aromatic carbocycles. The molecule has 1 fully saturated rings. The SMILES string of the molecule is COC(COc1ccc(N2CCC(=O)CC2=O)cc1)OC. The molecule has 2 rings (SSSR count). The van der Waals surface area contributed by atoms with E-state index in [0.717, 1.165) is 5.69 Å². The number of piperidine rings is 1. The fraction of sp³-hybridized carbons (Fsp3) is 0.467. The van der Waals surface area contributed by atoms with Crippen molar-refractivity contribution in [3.8, 4) is 5.75 Å². The van der Waals surface area contributed by atoms with Crippen molar-refractivity contribution in [1.82, 2.24) is 0 Å². The Bertz CT molecular complexity index is 495. The second-order valence-electron chi connectivity index (χ2n) is 4.72. The van der Waals surface area contributed by atoms with Gasteiger partial charge in [-0.2, -0.15) is 0 Å². The highest BCUT2D eigenvalue weighted by Gasteiger charge is 2.24. The zero-order valence-electron chi connectivity index (χ0n) is 12.2. The Balaban J connectivity index is 1.95. The van der Waals surface area contributed by atoms with E-state index in [0.29, 0.717) is 18.7 Å². The van der Waals surface area contributed by atoms with Crippen LogP contribution in [0.25, 0.3) is 0 Å². The molecule has 6 heteroatoms. The second kappa shape index (κ2) is 7.19. The maximum Gasteiger partial charge on any atom is 0.234 e. The number of rotatable bonds is 6. The number of carbonyl (C=O) groups excluding carboxylic acids is 2. The van der Waals surface area contributed by atoms with Gasteiger partial charge in [-0.1, -0.05) is 0 Å². The molecule has 0 spiro atoms. The number of ketones is 1. The highest BCUT2D eigenvalue weighted by atomic mass is 16.7. The third-order valence-electron chi connectivity index (χ3n) is 3.32. The maximum absolute atomic E-state index is 11.8. The van der Waals surface area contributed by atoms with E-state index in [1.807, 2.05) is 0 Å². The van der Waals surface area contributed by atoms with Crippen molar-refractivity contribution in [3.63, 3.8) is 0 Å². The summed E-state index contributed by atoms with van der Waals surface area (Å²) in [6, 6.07) is 7.16. The number of anilines is 1. The fourth-order valence-electron chi connectivity index (χ4n) is 2.11. The molecule has 1 aliphatic heterocycles. The molecule has 114 valence electrons. The van der Waals surface area contributed by atoms with Gasteiger partial charge in [0, 0.05) is 32.9 Å². The first-order valence-corrected chi connectivity index (χ1v) is 6.74. The molecular weight excluding hydrogens is 274 g/mol. The van der Waals surface area contributed by atoms with Crippen LogP contribution in [0, 0.1) is 0 Å². The van der Waals surface area contributed by atoms with Gasteiger partial charge in [-0.25, -0.2) is 0 Å². The van der Waals surface area contributed by atoms with Gasteiger partial charge in [0.15, 0.2) is 6.29 Å². The van der Waals surface area contributed by atoms with E-state index >= 15 is 0 Å². The number of amides is 1. The number of benzene rings is 1. The Hall–Kier alpha value is -1.92. The zero-order chi connectivity index (χ0) is 15.2. The van der Waals surface area contributed by atoms with Crippen LogP contribution >= 0.6 is 0 Å². The van der Waals surface area contributed by atoms with Crippen molar-refractivity contribution in [2.75, 3.05) is 32.3 Å². The Morgan fingerprint density at radius 3 is 2.38 bits per heavy atom. The lowest BCUT2D eigenvalue weighted by Crippen LogP contribution is -2.38. The molecule has 0 radical (unpaired) electrons. The molecule has 0 saturated carbocycles. The van der Waals surface area contributed by atoms with E-state index in [-0.39, 0.29) is 24.7 Å². The largest absolute Gasteiger partial charge is 0.488 e. The summed E-state index contributed by atoms with van der Waals surface area (Å²) in [6.07, 6.45) is -0.0195. The molecule has 21 heavy (non-hydrogen) atoms. The summed E-state index contributed by atoms with van der Waals surface area (Å²) >= 11 is 0. The van der Waals surface area contributed by atoms with Crippen LogP contribution in [0.15, 0.2) is 24.3 Å². The summed E-state index contributed by atoms with van der Waals surface area (Å²) in [4.78, 5) is 24.7. The maximum atomic E-state index is 11.8. The van der Waals surface area contributed by atoms with Gasteiger partial charge in [0.05, 0.1) is 6.42 Å². The van der Waals surface area contributed by atoms with E-state index in [2.05, 4.69) is 0 Å². The molecular formula is C15H19NO5. The highest BCUT2D eigenvalue weighted by molar-refractivity contribution is 6.08. The van der Waals surface area contributed by atoms with E-state index in [4.69, 9.17) is 14.2 Å². The van der Waals surface area contributed by atoms with Crippen molar-refractivity contribution in [3.05, 3.63) is 24.3 Å². The molecule has 0 aromatic heterocycles. The molecule has 1 heterocycles. The number of carbonyl (C=O) groups is 2. The summed E-state index contributed by atoms with van der Waals surface area (Å²) in [7, 11) is 3.09. The first kappa shape index (κ1) is 15.5. The first-order valence-electron chi connectivity index (χ1n) is 6.74. The first-order chi connectivity index (χ1) is 10.1. The molecule has 0 N–H and O–H groups in total. The summed E-state index contributed by atoms with van der Waals surface area (Å²) in [5, 5.41) is 0. The predicted molar refractivity (Wildman–Crippen MR) is 76.3 cm³/mol. The topological polar surface area (TPSA) is 65.1 Å². The molecule has 0 aliphatic carbocycles. The Morgan fingerprint density at radius 1 is 1.14 bits per heavy atom. The Kier molecular flexibility index (Phi) is 5.30. The van der Waals surface area contributed by atoms with E-state index in [9.17, 15) is 9.59 Å². The zero-order valence-corrected chi connectivity index (χ0v) is 12.2. The molecule has 0 atom stereocenters. The van der Waals surface area contributed by atoms with E-state index in [1.165, 1.54) is 0 Å². The summed E-state index contributed by atoms with van der Waals surface area (Å²) < 4.78 is 15.6. The number of ether oxygens (including phenoxy) is 3.